The number of benzene rings is 1. The molecule has 0 spiro atoms. The van der Waals surface area contributed by atoms with Crippen molar-refractivity contribution < 1.29 is 5.11 Å². The normalized spacial score (nSPS) is 13.9. The van der Waals surface area contributed by atoms with Gasteiger partial charge in [0.15, 0.2) is 11.2 Å². The first kappa shape index (κ1) is 20.3. The Hall–Kier alpha value is -3.62. The van der Waals surface area contributed by atoms with Gasteiger partial charge in [-0.15, -0.1) is 0 Å². The van der Waals surface area contributed by atoms with Crippen molar-refractivity contribution in [2.24, 2.45) is 13.0 Å². The molecule has 9 heteroatoms. The van der Waals surface area contributed by atoms with Crippen LogP contribution in [0.5, 0.6) is 5.88 Å². The minimum Gasteiger partial charge on any atom is -0.494 e. The third kappa shape index (κ3) is 3.07. The maximum Gasteiger partial charge on any atom is 0.332 e. The van der Waals surface area contributed by atoms with Crippen LogP contribution in [0.1, 0.15) is 37.3 Å². The SMILES string of the molecule is CCCc1c(O)n2c3c(=O)n(C)c(=O)n(CC4CC4)c3nc2n(Cc2ccccc2)c1=O. The molecule has 0 bridgehead atoms. The Morgan fingerprint density at radius 2 is 1.78 bits per heavy atom. The lowest BCUT2D eigenvalue weighted by atomic mass is 10.1. The van der Waals surface area contributed by atoms with Gasteiger partial charge in [0, 0.05) is 13.6 Å². The van der Waals surface area contributed by atoms with Gasteiger partial charge in [0.25, 0.3) is 11.1 Å². The second-order valence-electron chi connectivity index (χ2n) is 8.55. The van der Waals surface area contributed by atoms with Crippen LogP contribution in [-0.2, 0) is 26.6 Å². The molecule has 166 valence electrons. The van der Waals surface area contributed by atoms with E-state index >= 15 is 0 Å². The summed E-state index contributed by atoms with van der Waals surface area (Å²) in [6, 6.07) is 9.47. The van der Waals surface area contributed by atoms with Crippen molar-refractivity contribution >= 4 is 16.9 Å². The zero-order chi connectivity index (χ0) is 22.6. The van der Waals surface area contributed by atoms with E-state index in [-0.39, 0.29) is 40.5 Å². The molecule has 1 fully saturated rings. The first-order valence-corrected chi connectivity index (χ1v) is 10.9. The maximum atomic E-state index is 13.4. The third-order valence-corrected chi connectivity index (χ3v) is 6.17. The molecular weight excluding hydrogens is 410 g/mol. The fraction of sp³-hybridized carbons (Fsp3) is 0.391. The molecule has 0 radical (unpaired) electrons. The van der Waals surface area contributed by atoms with Crippen LogP contribution in [0.3, 0.4) is 0 Å². The average molecular weight is 435 g/mol. The Balaban J connectivity index is 1.92. The standard InChI is InChI=1S/C23H25N5O4/c1-3-7-16-19(29)27(13-14-8-5-4-6-9-14)22-24-18-17(28(22)20(16)30)21(31)25(2)23(32)26(18)12-15-10-11-15/h4-6,8-9,15,30H,3,7,10-13H2,1-2H3. The van der Waals surface area contributed by atoms with Crippen LogP contribution in [0.15, 0.2) is 44.7 Å². The van der Waals surface area contributed by atoms with Crippen molar-refractivity contribution in [2.45, 2.75) is 45.7 Å². The highest BCUT2D eigenvalue weighted by molar-refractivity contribution is 5.76. The molecule has 32 heavy (non-hydrogen) atoms. The van der Waals surface area contributed by atoms with Gasteiger partial charge in [-0.05, 0) is 30.7 Å². The summed E-state index contributed by atoms with van der Waals surface area (Å²) >= 11 is 0. The van der Waals surface area contributed by atoms with E-state index in [4.69, 9.17) is 0 Å². The first-order valence-electron chi connectivity index (χ1n) is 10.9. The number of hydrogen-bond acceptors (Lipinski definition) is 5. The summed E-state index contributed by atoms with van der Waals surface area (Å²) < 4.78 is 5.36. The minimum absolute atomic E-state index is 0.111. The Morgan fingerprint density at radius 3 is 2.44 bits per heavy atom. The van der Waals surface area contributed by atoms with Crippen molar-refractivity contribution in [3.05, 3.63) is 72.7 Å². The van der Waals surface area contributed by atoms with Crippen LogP contribution in [-0.4, -0.2) is 28.2 Å². The second-order valence-corrected chi connectivity index (χ2v) is 8.55. The number of imidazole rings is 1. The molecule has 1 aliphatic carbocycles. The largest absolute Gasteiger partial charge is 0.494 e. The quantitative estimate of drug-likeness (QED) is 0.496. The Labute approximate surface area is 182 Å². The highest BCUT2D eigenvalue weighted by Crippen LogP contribution is 2.31. The Morgan fingerprint density at radius 1 is 1.06 bits per heavy atom. The average Bonchev–Trinajstić information content (AvgIpc) is 3.53. The van der Waals surface area contributed by atoms with Crippen molar-refractivity contribution in [3.8, 4) is 5.88 Å². The summed E-state index contributed by atoms with van der Waals surface area (Å²) in [4.78, 5) is 44.0. The molecule has 5 rings (SSSR count). The third-order valence-electron chi connectivity index (χ3n) is 6.17. The molecule has 1 saturated carbocycles. The zero-order valence-corrected chi connectivity index (χ0v) is 18.1. The number of aromatic hydroxyl groups is 1. The summed E-state index contributed by atoms with van der Waals surface area (Å²) in [6.45, 7) is 2.61. The molecule has 0 saturated heterocycles. The van der Waals surface area contributed by atoms with Crippen LogP contribution in [0.4, 0.5) is 0 Å². The van der Waals surface area contributed by atoms with Gasteiger partial charge >= 0.3 is 5.69 Å². The number of nitrogens with zero attached hydrogens (tertiary/aromatic N) is 5. The molecule has 1 N–H and O–H groups in total. The van der Waals surface area contributed by atoms with Gasteiger partial charge in [-0.2, -0.15) is 4.98 Å². The summed E-state index contributed by atoms with van der Waals surface area (Å²) in [5.74, 6) is 0.236. The van der Waals surface area contributed by atoms with Crippen LogP contribution < -0.4 is 16.8 Å². The molecule has 0 unspecified atom stereocenters. The van der Waals surface area contributed by atoms with E-state index in [1.807, 2.05) is 37.3 Å². The predicted octanol–water partition coefficient (Wildman–Crippen LogP) is 1.63. The highest BCUT2D eigenvalue weighted by Gasteiger charge is 2.28. The van der Waals surface area contributed by atoms with Gasteiger partial charge in [0.1, 0.15) is 0 Å². The van der Waals surface area contributed by atoms with Gasteiger partial charge in [-0.3, -0.25) is 23.3 Å². The Kier molecular flexibility index (Phi) is 4.76. The lowest BCUT2D eigenvalue weighted by Crippen LogP contribution is -2.38. The first-order chi connectivity index (χ1) is 15.4. The highest BCUT2D eigenvalue weighted by atomic mass is 16.3. The summed E-state index contributed by atoms with van der Waals surface area (Å²) in [5, 5.41) is 11.1. The molecule has 0 aliphatic heterocycles. The van der Waals surface area contributed by atoms with E-state index in [9.17, 15) is 19.5 Å². The molecule has 1 aromatic carbocycles. The van der Waals surface area contributed by atoms with Gasteiger partial charge in [0.2, 0.25) is 11.7 Å². The van der Waals surface area contributed by atoms with E-state index in [1.165, 1.54) is 20.6 Å². The maximum absolute atomic E-state index is 13.4. The number of aromatic nitrogens is 5. The Bertz CT molecular complexity index is 1520. The molecule has 9 nitrogen and oxygen atoms in total. The van der Waals surface area contributed by atoms with Crippen molar-refractivity contribution in [3.63, 3.8) is 0 Å². The molecular formula is C23H25N5O4. The molecule has 1 aliphatic rings. The molecule has 3 aromatic heterocycles. The second kappa shape index (κ2) is 7.51. The number of rotatable bonds is 6. The molecule has 4 aromatic rings. The lowest BCUT2D eigenvalue weighted by molar-refractivity contribution is 0.433. The summed E-state index contributed by atoms with van der Waals surface area (Å²) in [7, 11) is 1.43. The van der Waals surface area contributed by atoms with Gasteiger partial charge < -0.3 is 5.11 Å². The molecule has 0 atom stereocenters. The predicted molar refractivity (Wildman–Crippen MR) is 120 cm³/mol. The van der Waals surface area contributed by atoms with Gasteiger partial charge in [-0.25, -0.2) is 9.20 Å². The smallest absolute Gasteiger partial charge is 0.332 e. The van der Waals surface area contributed by atoms with Crippen LogP contribution in [0.2, 0.25) is 0 Å². The van der Waals surface area contributed by atoms with Crippen molar-refractivity contribution in [2.75, 3.05) is 0 Å². The summed E-state index contributed by atoms with van der Waals surface area (Å²) in [5.41, 5.74) is 0.103. The zero-order valence-electron chi connectivity index (χ0n) is 18.1. The van der Waals surface area contributed by atoms with Gasteiger partial charge in [0.05, 0.1) is 12.1 Å². The van der Waals surface area contributed by atoms with E-state index in [2.05, 4.69) is 4.98 Å². The topological polar surface area (TPSA) is 104 Å². The fourth-order valence-electron chi connectivity index (χ4n) is 4.26. The molecule has 3 heterocycles. The van der Waals surface area contributed by atoms with Crippen molar-refractivity contribution in [1.82, 2.24) is 23.1 Å². The van der Waals surface area contributed by atoms with Crippen LogP contribution in [0.25, 0.3) is 16.9 Å². The number of fused-ring (bicyclic) bond motifs is 3. The van der Waals surface area contributed by atoms with E-state index in [0.29, 0.717) is 25.3 Å². The summed E-state index contributed by atoms with van der Waals surface area (Å²) in [6.07, 6.45) is 3.05. The fourth-order valence-corrected chi connectivity index (χ4v) is 4.26. The molecule has 0 amide bonds. The van der Waals surface area contributed by atoms with Crippen LogP contribution >= 0.6 is 0 Å². The van der Waals surface area contributed by atoms with E-state index in [1.54, 1.807) is 0 Å². The van der Waals surface area contributed by atoms with Crippen molar-refractivity contribution in [1.29, 1.82) is 0 Å². The van der Waals surface area contributed by atoms with Gasteiger partial charge in [-0.1, -0.05) is 43.7 Å². The number of hydrogen-bond donors (Lipinski definition) is 1. The monoisotopic (exact) mass is 435 g/mol. The van der Waals surface area contributed by atoms with E-state index < -0.39 is 11.2 Å². The lowest BCUT2D eigenvalue weighted by Gasteiger charge is -2.13. The minimum atomic E-state index is -0.549. The van der Waals surface area contributed by atoms with E-state index in [0.717, 1.165) is 23.0 Å². The van der Waals surface area contributed by atoms with Crippen LogP contribution in [0, 0.1) is 5.92 Å².